The zero-order valence-electron chi connectivity index (χ0n) is 11.7. The molecule has 6 N–H and O–H groups in total. The topological polar surface area (TPSA) is 171 Å². The summed E-state index contributed by atoms with van der Waals surface area (Å²) in [5.41, 5.74) is 1.52. The number of carbonyl (C=O) groups is 3. The molecule has 0 fully saturated rings. The van der Waals surface area contributed by atoms with E-state index < -0.39 is 51.5 Å². The number of H-pyrrole nitrogens is 1. The first-order chi connectivity index (χ1) is 11.2. The Morgan fingerprint density at radius 2 is 1.50 bits per heavy atom. The van der Waals surface area contributed by atoms with Crippen LogP contribution in [0.15, 0.2) is 27.5 Å². The van der Waals surface area contributed by atoms with Crippen molar-refractivity contribution in [2.45, 2.75) is 0 Å². The van der Waals surface area contributed by atoms with Crippen LogP contribution in [-0.4, -0.2) is 38.2 Å². The Hall–Kier alpha value is -3.14. The fourth-order valence-electron chi connectivity index (χ4n) is 2.27. The first kappa shape index (κ1) is 17.2. The average Bonchev–Trinajstić information content (AvgIpc) is 2.44. The van der Waals surface area contributed by atoms with Crippen molar-refractivity contribution in [2.75, 3.05) is 5.73 Å². The van der Waals surface area contributed by atoms with Gasteiger partial charge in [-0.1, -0.05) is 12.1 Å². The second kappa shape index (κ2) is 6.16. The zero-order chi connectivity index (χ0) is 18.2. The second-order valence-corrected chi connectivity index (χ2v) is 5.42. The van der Waals surface area contributed by atoms with Crippen molar-refractivity contribution in [3.63, 3.8) is 0 Å². The molecule has 2 aromatic rings. The van der Waals surface area contributed by atoms with E-state index in [2.05, 4.69) is 15.9 Å². The largest absolute Gasteiger partial charge is 0.478 e. The predicted octanol–water partition coefficient (Wildman–Crippen LogP) is 1.48. The molecular formula is C14H9BrN2O7. The Morgan fingerprint density at radius 3 is 2.00 bits per heavy atom. The van der Waals surface area contributed by atoms with Crippen LogP contribution in [0.4, 0.5) is 5.82 Å². The number of carboxylic acid groups (broad SMARTS) is 3. The summed E-state index contributed by atoms with van der Waals surface area (Å²) in [5, 5.41) is 28.0. The van der Waals surface area contributed by atoms with Crippen LogP contribution in [-0.2, 0) is 0 Å². The Bertz CT molecular complexity index is 949. The molecule has 0 saturated heterocycles. The maximum Gasteiger partial charge on any atom is 0.342 e. The molecule has 1 heterocycles. The minimum Gasteiger partial charge on any atom is -0.478 e. The Balaban J connectivity index is 3.12. The van der Waals surface area contributed by atoms with Crippen LogP contribution in [0.2, 0.25) is 0 Å². The summed E-state index contributed by atoms with van der Waals surface area (Å²) < 4.78 is 0.0824. The van der Waals surface area contributed by atoms with E-state index in [0.29, 0.717) is 0 Å². The third-order valence-corrected chi connectivity index (χ3v) is 3.83. The number of carboxylic acids is 3. The Labute approximate surface area is 141 Å². The number of hydrogen-bond donors (Lipinski definition) is 5. The first-order valence-electron chi connectivity index (χ1n) is 6.21. The SMILES string of the molecule is Nc1[nH]c(=O)c(C(=O)O)c(-c2cccc(Br)c2C(=O)O)c1C(=O)O. The molecule has 0 unspecified atom stereocenters. The van der Waals surface area contributed by atoms with Crippen molar-refractivity contribution in [1.29, 1.82) is 0 Å². The number of aromatic carboxylic acids is 3. The molecule has 24 heavy (non-hydrogen) atoms. The first-order valence-corrected chi connectivity index (χ1v) is 7.00. The third-order valence-electron chi connectivity index (χ3n) is 3.17. The van der Waals surface area contributed by atoms with Gasteiger partial charge in [0.15, 0.2) is 0 Å². The molecule has 1 aromatic heterocycles. The highest BCUT2D eigenvalue weighted by atomic mass is 79.9. The van der Waals surface area contributed by atoms with Gasteiger partial charge >= 0.3 is 17.9 Å². The summed E-state index contributed by atoms with van der Waals surface area (Å²) >= 11 is 3.01. The molecule has 0 spiro atoms. The standard InChI is InChI=1S/C14H9BrN2O7/c15-5-3-1-2-4(6(5)12(19)20)7-8(13(21)22)10(16)17-11(18)9(7)14(23)24/h1-3H,(H,19,20)(H,21,22)(H,23,24)(H3,16,17,18). The van der Waals surface area contributed by atoms with E-state index in [9.17, 15) is 34.5 Å². The normalized spacial score (nSPS) is 10.4. The van der Waals surface area contributed by atoms with Crippen LogP contribution in [0.5, 0.6) is 0 Å². The van der Waals surface area contributed by atoms with Gasteiger partial charge in [0.2, 0.25) is 0 Å². The van der Waals surface area contributed by atoms with Crippen molar-refractivity contribution < 1.29 is 29.7 Å². The molecule has 0 atom stereocenters. The number of nitrogen functional groups attached to an aromatic ring is 1. The van der Waals surface area contributed by atoms with Crippen molar-refractivity contribution >= 4 is 39.7 Å². The predicted molar refractivity (Wildman–Crippen MR) is 85.5 cm³/mol. The molecule has 0 aliphatic rings. The third kappa shape index (κ3) is 2.74. The molecule has 2 rings (SSSR count). The molecule has 0 bridgehead atoms. The number of rotatable bonds is 4. The smallest absolute Gasteiger partial charge is 0.342 e. The molecule has 0 saturated carbocycles. The van der Waals surface area contributed by atoms with Crippen LogP contribution < -0.4 is 11.3 Å². The quantitative estimate of drug-likeness (QED) is 0.516. The van der Waals surface area contributed by atoms with Gasteiger partial charge in [-0.3, -0.25) is 4.79 Å². The average molecular weight is 397 g/mol. The number of hydrogen-bond acceptors (Lipinski definition) is 5. The van der Waals surface area contributed by atoms with Gasteiger partial charge in [-0.2, -0.15) is 0 Å². The number of nitrogens with one attached hydrogen (secondary N) is 1. The van der Waals surface area contributed by atoms with Gasteiger partial charge in [-0.15, -0.1) is 0 Å². The number of benzene rings is 1. The van der Waals surface area contributed by atoms with Crippen LogP contribution in [0.1, 0.15) is 31.1 Å². The summed E-state index contributed by atoms with van der Waals surface area (Å²) in [6, 6.07) is 3.95. The number of pyridine rings is 1. The van der Waals surface area contributed by atoms with E-state index >= 15 is 0 Å². The summed E-state index contributed by atoms with van der Waals surface area (Å²) in [5.74, 6) is -5.35. The zero-order valence-corrected chi connectivity index (χ0v) is 13.2. The fraction of sp³-hybridized carbons (Fsp3) is 0. The van der Waals surface area contributed by atoms with Crippen LogP contribution >= 0.6 is 15.9 Å². The van der Waals surface area contributed by atoms with E-state index in [4.69, 9.17) is 5.73 Å². The second-order valence-electron chi connectivity index (χ2n) is 4.57. The van der Waals surface area contributed by atoms with E-state index in [0.717, 1.165) is 0 Å². The van der Waals surface area contributed by atoms with Crippen LogP contribution in [0.3, 0.4) is 0 Å². The summed E-state index contributed by atoms with van der Waals surface area (Å²) in [4.78, 5) is 48.4. The van der Waals surface area contributed by atoms with Gasteiger partial charge < -0.3 is 26.0 Å². The maximum absolute atomic E-state index is 11.9. The van der Waals surface area contributed by atoms with E-state index in [-0.39, 0.29) is 10.0 Å². The molecule has 9 nitrogen and oxygen atoms in total. The van der Waals surface area contributed by atoms with Crippen molar-refractivity contribution in [3.05, 3.63) is 49.7 Å². The van der Waals surface area contributed by atoms with Gasteiger partial charge in [0.05, 0.1) is 5.56 Å². The van der Waals surface area contributed by atoms with Crippen molar-refractivity contribution in [3.8, 4) is 11.1 Å². The molecule has 0 amide bonds. The summed E-state index contributed by atoms with van der Waals surface area (Å²) in [6.45, 7) is 0. The Morgan fingerprint density at radius 1 is 0.958 bits per heavy atom. The fourth-order valence-corrected chi connectivity index (χ4v) is 2.80. The molecule has 124 valence electrons. The van der Waals surface area contributed by atoms with Crippen molar-refractivity contribution in [1.82, 2.24) is 4.98 Å². The van der Waals surface area contributed by atoms with Gasteiger partial charge in [-0.25, -0.2) is 14.4 Å². The summed E-state index contributed by atoms with van der Waals surface area (Å²) in [6.07, 6.45) is 0. The maximum atomic E-state index is 11.9. The molecule has 0 aliphatic carbocycles. The highest BCUT2D eigenvalue weighted by Gasteiger charge is 2.29. The lowest BCUT2D eigenvalue weighted by atomic mass is 9.92. The molecule has 10 heteroatoms. The van der Waals surface area contributed by atoms with Gasteiger partial charge in [0.1, 0.15) is 16.9 Å². The Kier molecular flexibility index (Phi) is 4.42. The van der Waals surface area contributed by atoms with Crippen LogP contribution in [0, 0.1) is 0 Å². The highest BCUT2D eigenvalue weighted by molar-refractivity contribution is 9.10. The monoisotopic (exact) mass is 396 g/mol. The number of aromatic amines is 1. The van der Waals surface area contributed by atoms with E-state index in [1.54, 1.807) is 0 Å². The van der Waals surface area contributed by atoms with E-state index in [1.165, 1.54) is 18.2 Å². The number of halogens is 1. The number of nitrogens with two attached hydrogens (primary N) is 1. The number of aromatic nitrogens is 1. The molecule has 0 aliphatic heterocycles. The lowest BCUT2D eigenvalue weighted by Crippen LogP contribution is -2.24. The highest BCUT2D eigenvalue weighted by Crippen LogP contribution is 2.34. The van der Waals surface area contributed by atoms with Crippen molar-refractivity contribution in [2.24, 2.45) is 0 Å². The number of anilines is 1. The lowest BCUT2D eigenvalue weighted by Gasteiger charge is -2.14. The molecular weight excluding hydrogens is 388 g/mol. The van der Waals surface area contributed by atoms with Gasteiger partial charge in [0.25, 0.3) is 5.56 Å². The summed E-state index contributed by atoms with van der Waals surface area (Å²) in [7, 11) is 0. The molecule has 1 aromatic carbocycles. The minimum atomic E-state index is -1.72. The van der Waals surface area contributed by atoms with Gasteiger partial charge in [-0.05, 0) is 27.6 Å². The minimum absolute atomic E-state index is 0.0824. The molecule has 0 radical (unpaired) electrons. The van der Waals surface area contributed by atoms with Crippen LogP contribution in [0.25, 0.3) is 11.1 Å². The van der Waals surface area contributed by atoms with E-state index in [1.807, 2.05) is 4.98 Å². The van der Waals surface area contributed by atoms with Gasteiger partial charge in [0, 0.05) is 10.0 Å². The lowest BCUT2D eigenvalue weighted by molar-refractivity contribution is 0.0678.